The first-order valence-corrected chi connectivity index (χ1v) is 14.7. The molecule has 0 aliphatic carbocycles. The first-order valence-electron chi connectivity index (χ1n) is 12.2. The number of ketones is 1. The van der Waals surface area contributed by atoms with Crippen molar-refractivity contribution in [2.24, 2.45) is 5.73 Å². The number of Topliss-reactive ketones (excluding diaryl/α,β-unsaturated/α-hetero) is 1. The van der Waals surface area contributed by atoms with E-state index in [2.05, 4.69) is 24.1 Å². The van der Waals surface area contributed by atoms with Gasteiger partial charge in [-0.05, 0) is 51.7 Å². The van der Waals surface area contributed by atoms with Crippen LogP contribution < -0.4 is 11.1 Å². The van der Waals surface area contributed by atoms with E-state index in [-0.39, 0.29) is 22.1 Å². The van der Waals surface area contributed by atoms with Gasteiger partial charge in [-0.25, -0.2) is 21.5 Å². The van der Waals surface area contributed by atoms with Crippen LogP contribution in [-0.4, -0.2) is 72.3 Å². The molecule has 3 heterocycles. The third-order valence-corrected chi connectivity index (χ3v) is 10.5. The average molecular weight is 529 g/mol. The molecule has 0 saturated carbocycles. The zero-order valence-electron chi connectivity index (χ0n) is 20.2. The van der Waals surface area contributed by atoms with Crippen molar-refractivity contribution < 1.29 is 22.0 Å². The van der Waals surface area contributed by atoms with Gasteiger partial charge in [0, 0.05) is 49.9 Å². The summed E-state index contributed by atoms with van der Waals surface area (Å²) >= 11 is 1.18. The van der Waals surface area contributed by atoms with Gasteiger partial charge in [-0.3, -0.25) is 9.69 Å². The number of nitrogens with zero attached hydrogens (tertiary/aromatic N) is 2. The minimum Gasteiger partial charge on any atom is -0.401 e. The van der Waals surface area contributed by atoms with Gasteiger partial charge in [0.05, 0.1) is 21.6 Å². The van der Waals surface area contributed by atoms with E-state index >= 15 is 0 Å². The molecule has 3 N–H and O–H groups in total. The summed E-state index contributed by atoms with van der Waals surface area (Å²) in [5.74, 6) is -2.42. The van der Waals surface area contributed by atoms with Crippen LogP contribution in [0.1, 0.15) is 56.3 Å². The highest BCUT2D eigenvalue weighted by molar-refractivity contribution is 8.04. The van der Waals surface area contributed by atoms with E-state index in [1.54, 1.807) is 4.31 Å². The minimum atomic E-state index is -3.32. The standard InChI is InChI=1S/C24H34F2N4O3S2/c1-15-6-7-16(2)30(15)12-13-35(32,33)29-10-8-17(9-11-29)28-21-14-20(27)24(34-21)23(31)22-18(25)4-3-5-19(22)26/h3-5,15-17,21,28H,6-14,27H2,1-2H3. The Morgan fingerprint density at radius 3 is 2.31 bits per heavy atom. The summed E-state index contributed by atoms with van der Waals surface area (Å²) in [7, 11) is -3.32. The molecule has 35 heavy (non-hydrogen) atoms. The number of sulfonamides is 1. The van der Waals surface area contributed by atoms with Crippen molar-refractivity contribution in [3.8, 4) is 0 Å². The molecule has 0 aromatic heterocycles. The number of thioether (sulfide) groups is 1. The van der Waals surface area contributed by atoms with Gasteiger partial charge < -0.3 is 11.1 Å². The molecule has 3 aliphatic rings. The van der Waals surface area contributed by atoms with Crippen molar-refractivity contribution >= 4 is 27.6 Å². The number of hydrogen-bond donors (Lipinski definition) is 2. The Balaban J connectivity index is 1.27. The molecular formula is C24H34F2N4O3S2. The molecule has 0 bridgehead atoms. The Kier molecular flexibility index (Phi) is 8.22. The predicted molar refractivity (Wildman–Crippen MR) is 134 cm³/mol. The van der Waals surface area contributed by atoms with E-state index in [1.807, 2.05) is 0 Å². The molecule has 11 heteroatoms. The Hall–Kier alpha value is -1.53. The van der Waals surface area contributed by atoms with Crippen LogP contribution >= 0.6 is 11.8 Å². The summed E-state index contributed by atoms with van der Waals surface area (Å²) in [4.78, 5) is 15.2. The van der Waals surface area contributed by atoms with Crippen molar-refractivity contribution in [2.45, 2.75) is 69.5 Å². The Morgan fingerprint density at radius 2 is 1.71 bits per heavy atom. The maximum atomic E-state index is 14.1. The van der Waals surface area contributed by atoms with E-state index < -0.39 is 33.0 Å². The molecule has 3 unspecified atom stereocenters. The van der Waals surface area contributed by atoms with Crippen molar-refractivity contribution in [1.82, 2.24) is 14.5 Å². The maximum absolute atomic E-state index is 14.1. The van der Waals surface area contributed by atoms with Crippen LogP contribution in [0.3, 0.4) is 0 Å². The van der Waals surface area contributed by atoms with Crippen LogP contribution in [0.15, 0.2) is 28.8 Å². The fraction of sp³-hybridized carbons (Fsp3) is 0.625. The van der Waals surface area contributed by atoms with Gasteiger partial charge in [0.1, 0.15) is 11.6 Å². The molecule has 1 aromatic carbocycles. The van der Waals surface area contributed by atoms with Crippen LogP contribution in [0.2, 0.25) is 0 Å². The van der Waals surface area contributed by atoms with Gasteiger partial charge in [-0.2, -0.15) is 0 Å². The van der Waals surface area contributed by atoms with Gasteiger partial charge in [-0.15, -0.1) is 11.8 Å². The van der Waals surface area contributed by atoms with E-state index in [4.69, 9.17) is 5.73 Å². The zero-order chi connectivity index (χ0) is 25.3. The molecular weight excluding hydrogens is 494 g/mol. The first kappa shape index (κ1) is 26.5. The number of carbonyl (C=O) groups excluding carboxylic acids is 1. The van der Waals surface area contributed by atoms with Gasteiger partial charge in [-0.1, -0.05) is 6.07 Å². The summed E-state index contributed by atoms with van der Waals surface area (Å²) in [5.41, 5.74) is 5.78. The summed E-state index contributed by atoms with van der Waals surface area (Å²) in [6.07, 6.45) is 3.90. The molecule has 0 spiro atoms. The number of piperidine rings is 1. The SMILES string of the molecule is CC1CCC(C)N1CCS(=O)(=O)N1CCC(NC2CC(N)=C(C(=O)c3c(F)cccc3F)S2)CC1. The average Bonchev–Trinajstić information content (AvgIpc) is 3.33. The number of nitrogens with one attached hydrogen (secondary N) is 1. The quantitative estimate of drug-likeness (QED) is 0.501. The van der Waals surface area contributed by atoms with Crippen molar-refractivity contribution in [2.75, 3.05) is 25.4 Å². The Morgan fingerprint density at radius 1 is 1.11 bits per heavy atom. The Labute approximate surface area is 210 Å². The fourth-order valence-electron chi connectivity index (χ4n) is 5.28. The lowest BCUT2D eigenvalue weighted by Crippen LogP contribution is -2.48. The summed E-state index contributed by atoms with van der Waals surface area (Å²) in [6.45, 7) is 5.75. The number of hydrogen-bond acceptors (Lipinski definition) is 7. The first-order chi connectivity index (χ1) is 16.6. The molecule has 3 atom stereocenters. The van der Waals surface area contributed by atoms with Gasteiger partial charge >= 0.3 is 0 Å². The number of carbonyl (C=O) groups is 1. The smallest absolute Gasteiger partial charge is 0.215 e. The van der Waals surface area contributed by atoms with Crippen LogP contribution in [0, 0.1) is 11.6 Å². The molecule has 7 nitrogen and oxygen atoms in total. The van der Waals surface area contributed by atoms with E-state index in [0.29, 0.717) is 56.7 Å². The maximum Gasteiger partial charge on any atom is 0.215 e. The number of benzene rings is 1. The fourth-order valence-corrected chi connectivity index (χ4v) is 7.99. The highest BCUT2D eigenvalue weighted by Gasteiger charge is 2.35. The molecule has 3 aliphatic heterocycles. The second-order valence-electron chi connectivity index (χ2n) is 9.76. The highest BCUT2D eigenvalue weighted by atomic mass is 32.2. The van der Waals surface area contributed by atoms with Crippen LogP contribution in [0.4, 0.5) is 8.78 Å². The molecule has 2 saturated heterocycles. The molecule has 4 rings (SSSR count). The van der Waals surface area contributed by atoms with Gasteiger partial charge in [0.15, 0.2) is 0 Å². The van der Waals surface area contributed by atoms with Gasteiger partial charge in [0.2, 0.25) is 15.8 Å². The monoisotopic (exact) mass is 528 g/mol. The number of likely N-dealkylation sites (tertiary alicyclic amines) is 1. The number of rotatable bonds is 8. The Bertz CT molecular complexity index is 1060. The zero-order valence-corrected chi connectivity index (χ0v) is 21.8. The molecule has 194 valence electrons. The normalized spacial score (nSPS) is 27.1. The van der Waals surface area contributed by atoms with Crippen molar-refractivity contribution in [3.63, 3.8) is 0 Å². The van der Waals surface area contributed by atoms with E-state index in [1.165, 1.54) is 17.8 Å². The van der Waals surface area contributed by atoms with Crippen LogP contribution in [-0.2, 0) is 10.0 Å². The van der Waals surface area contributed by atoms with E-state index in [9.17, 15) is 22.0 Å². The van der Waals surface area contributed by atoms with Gasteiger partial charge in [0.25, 0.3) is 0 Å². The summed E-state index contributed by atoms with van der Waals surface area (Å²) < 4.78 is 55.5. The number of halogens is 2. The number of allylic oxidation sites excluding steroid dienone is 1. The highest BCUT2D eigenvalue weighted by Crippen LogP contribution is 2.37. The lowest BCUT2D eigenvalue weighted by molar-refractivity contribution is 0.103. The second-order valence-corrected chi connectivity index (χ2v) is 13.1. The lowest BCUT2D eigenvalue weighted by atomic mass is 10.1. The largest absolute Gasteiger partial charge is 0.401 e. The van der Waals surface area contributed by atoms with E-state index in [0.717, 1.165) is 25.0 Å². The van der Waals surface area contributed by atoms with Crippen LogP contribution in [0.5, 0.6) is 0 Å². The third-order valence-electron chi connectivity index (χ3n) is 7.36. The molecule has 1 aromatic rings. The number of nitrogens with two attached hydrogens (primary N) is 1. The topological polar surface area (TPSA) is 95.7 Å². The molecule has 2 fully saturated rings. The molecule has 0 radical (unpaired) electrons. The third kappa shape index (κ3) is 5.90. The summed E-state index contributed by atoms with van der Waals surface area (Å²) in [5, 5.41) is 3.25. The van der Waals surface area contributed by atoms with Crippen LogP contribution in [0.25, 0.3) is 0 Å². The van der Waals surface area contributed by atoms with Crippen molar-refractivity contribution in [3.05, 3.63) is 46.0 Å². The molecule has 0 amide bonds. The summed E-state index contributed by atoms with van der Waals surface area (Å²) in [6, 6.07) is 4.24. The lowest BCUT2D eigenvalue weighted by Gasteiger charge is -2.34. The second kappa shape index (κ2) is 10.8. The van der Waals surface area contributed by atoms with Crippen molar-refractivity contribution in [1.29, 1.82) is 0 Å². The predicted octanol–water partition coefficient (Wildman–Crippen LogP) is 3.04. The minimum absolute atomic E-state index is 0.0741.